The zero-order valence-electron chi connectivity index (χ0n) is 13.8. The summed E-state index contributed by atoms with van der Waals surface area (Å²) in [7, 11) is 0. The van der Waals surface area contributed by atoms with Gasteiger partial charge in [-0.05, 0) is 18.6 Å². The Morgan fingerprint density at radius 1 is 1.33 bits per heavy atom. The molecule has 7 nitrogen and oxygen atoms in total. The number of carbonyl (C=O) groups excluding carboxylic acids is 1. The summed E-state index contributed by atoms with van der Waals surface area (Å²) in [5.41, 5.74) is 0. The molecule has 0 spiro atoms. The van der Waals surface area contributed by atoms with Gasteiger partial charge in [0, 0.05) is 19.6 Å². The van der Waals surface area contributed by atoms with Crippen molar-refractivity contribution in [2.24, 2.45) is 0 Å². The topological polar surface area (TPSA) is 73.4 Å². The number of hydrogen-bond donors (Lipinski definition) is 0. The molecule has 0 N–H and O–H groups in total. The molecule has 0 atom stereocenters. The Morgan fingerprint density at radius 3 is 2.88 bits per heavy atom. The number of unbranched alkanes of at least 4 members (excludes halogenated alkanes) is 1. The zero-order valence-corrected chi connectivity index (χ0v) is 14.6. The zero-order chi connectivity index (χ0) is 16.8. The SMILES string of the molecule is CCCCn1c(SCC(=O)N2CCOCC2)nnc1-c1ccco1. The van der Waals surface area contributed by atoms with Gasteiger partial charge >= 0.3 is 0 Å². The first kappa shape index (κ1) is 17.0. The highest BCUT2D eigenvalue weighted by Crippen LogP contribution is 2.25. The molecule has 24 heavy (non-hydrogen) atoms. The van der Waals surface area contributed by atoms with Gasteiger partial charge in [-0.3, -0.25) is 9.36 Å². The van der Waals surface area contributed by atoms with Gasteiger partial charge in [0.1, 0.15) is 0 Å². The van der Waals surface area contributed by atoms with Gasteiger partial charge in [0.05, 0.1) is 25.2 Å². The highest BCUT2D eigenvalue weighted by Gasteiger charge is 2.20. The Kier molecular flexibility index (Phi) is 5.92. The number of rotatable bonds is 7. The number of thioether (sulfide) groups is 1. The number of ether oxygens (including phenoxy) is 1. The lowest BCUT2D eigenvalue weighted by Gasteiger charge is -2.26. The third-order valence-electron chi connectivity index (χ3n) is 3.88. The number of aromatic nitrogens is 3. The molecule has 1 amide bonds. The van der Waals surface area contributed by atoms with E-state index < -0.39 is 0 Å². The summed E-state index contributed by atoms with van der Waals surface area (Å²) in [6.45, 7) is 5.52. The second kappa shape index (κ2) is 8.34. The van der Waals surface area contributed by atoms with Crippen molar-refractivity contribution < 1.29 is 13.9 Å². The monoisotopic (exact) mass is 350 g/mol. The van der Waals surface area contributed by atoms with Gasteiger partial charge in [0.2, 0.25) is 5.91 Å². The molecule has 0 aromatic carbocycles. The number of morpholine rings is 1. The molecule has 0 bridgehead atoms. The summed E-state index contributed by atoms with van der Waals surface area (Å²) in [5.74, 6) is 1.90. The minimum atomic E-state index is 0.118. The van der Waals surface area contributed by atoms with Crippen LogP contribution in [-0.4, -0.2) is 57.6 Å². The van der Waals surface area contributed by atoms with Crippen molar-refractivity contribution >= 4 is 17.7 Å². The van der Waals surface area contributed by atoms with Crippen LogP contribution in [-0.2, 0) is 16.1 Å². The molecule has 0 radical (unpaired) electrons. The van der Waals surface area contributed by atoms with Crippen LogP contribution in [0.25, 0.3) is 11.6 Å². The molecule has 1 aliphatic rings. The lowest BCUT2D eigenvalue weighted by molar-refractivity contribution is -0.132. The standard InChI is InChI=1S/C16H22N4O3S/c1-2-3-6-20-15(13-5-4-9-23-13)17-18-16(20)24-12-14(21)19-7-10-22-11-8-19/h4-5,9H,2-3,6-8,10-12H2,1H3. The molecule has 3 heterocycles. The minimum Gasteiger partial charge on any atom is -0.461 e. The van der Waals surface area contributed by atoms with E-state index in [2.05, 4.69) is 17.1 Å². The molecule has 2 aromatic heterocycles. The quantitative estimate of drug-likeness (QED) is 0.713. The van der Waals surface area contributed by atoms with Crippen molar-refractivity contribution in [3.8, 4) is 11.6 Å². The lowest BCUT2D eigenvalue weighted by atomic mass is 10.3. The summed E-state index contributed by atoms with van der Waals surface area (Å²) in [4.78, 5) is 14.1. The predicted molar refractivity (Wildman–Crippen MR) is 90.8 cm³/mol. The molecular weight excluding hydrogens is 328 g/mol. The number of amides is 1. The molecule has 1 saturated heterocycles. The van der Waals surface area contributed by atoms with E-state index in [0.29, 0.717) is 37.8 Å². The molecule has 3 rings (SSSR count). The Labute approximate surface area is 145 Å². The van der Waals surface area contributed by atoms with Gasteiger partial charge in [0.25, 0.3) is 0 Å². The number of hydrogen-bond acceptors (Lipinski definition) is 6. The predicted octanol–water partition coefficient (Wildman–Crippen LogP) is 2.29. The smallest absolute Gasteiger partial charge is 0.233 e. The molecule has 1 aliphatic heterocycles. The van der Waals surface area contributed by atoms with Crippen molar-refractivity contribution in [3.63, 3.8) is 0 Å². The average Bonchev–Trinajstić information content (AvgIpc) is 3.28. The normalized spacial score (nSPS) is 15.0. The Morgan fingerprint density at radius 2 is 2.17 bits per heavy atom. The van der Waals surface area contributed by atoms with Crippen LogP contribution >= 0.6 is 11.8 Å². The Balaban J connectivity index is 1.69. The summed E-state index contributed by atoms with van der Waals surface area (Å²) in [5, 5.41) is 9.28. The van der Waals surface area contributed by atoms with Crippen LogP contribution in [0.5, 0.6) is 0 Å². The fourth-order valence-corrected chi connectivity index (χ4v) is 3.40. The fourth-order valence-electron chi connectivity index (χ4n) is 2.53. The molecular formula is C16H22N4O3S. The van der Waals surface area contributed by atoms with Crippen molar-refractivity contribution in [1.29, 1.82) is 0 Å². The maximum absolute atomic E-state index is 12.3. The van der Waals surface area contributed by atoms with Crippen LogP contribution in [0.15, 0.2) is 28.0 Å². The van der Waals surface area contributed by atoms with Crippen LogP contribution in [0.3, 0.4) is 0 Å². The molecule has 2 aromatic rings. The molecule has 0 unspecified atom stereocenters. The summed E-state index contributed by atoms with van der Waals surface area (Å²) < 4.78 is 12.8. The van der Waals surface area contributed by atoms with Crippen molar-refractivity contribution in [2.45, 2.75) is 31.5 Å². The van der Waals surface area contributed by atoms with Gasteiger partial charge in [-0.15, -0.1) is 10.2 Å². The van der Waals surface area contributed by atoms with Crippen LogP contribution in [0, 0.1) is 0 Å². The second-order valence-electron chi connectivity index (χ2n) is 5.57. The van der Waals surface area contributed by atoms with Crippen LogP contribution in [0.1, 0.15) is 19.8 Å². The average molecular weight is 350 g/mol. The molecule has 1 fully saturated rings. The maximum atomic E-state index is 12.3. The van der Waals surface area contributed by atoms with Gasteiger partial charge < -0.3 is 14.1 Å². The molecule has 130 valence electrons. The summed E-state index contributed by atoms with van der Waals surface area (Å²) in [6, 6.07) is 3.71. The summed E-state index contributed by atoms with van der Waals surface area (Å²) in [6.07, 6.45) is 3.73. The first-order chi connectivity index (χ1) is 11.8. The van der Waals surface area contributed by atoms with Crippen LogP contribution < -0.4 is 0 Å². The largest absolute Gasteiger partial charge is 0.461 e. The highest BCUT2D eigenvalue weighted by atomic mass is 32.2. The number of furan rings is 1. The first-order valence-electron chi connectivity index (χ1n) is 8.25. The fraction of sp³-hybridized carbons (Fsp3) is 0.562. The summed E-state index contributed by atoms with van der Waals surface area (Å²) >= 11 is 1.43. The van der Waals surface area contributed by atoms with E-state index >= 15 is 0 Å². The minimum absolute atomic E-state index is 0.118. The third-order valence-corrected chi connectivity index (χ3v) is 4.83. The van der Waals surface area contributed by atoms with E-state index in [9.17, 15) is 4.79 Å². The number of carbonyl (C=O) groups is 1. The second-order valence-corrected chi connectivity index (χ2v) is 6.51. The van der Waals surface area contributed by atoms with Crippen molar-refractivity contribution in [3.05, 3.63) is 18.4 Å². The molecule has 8 heteroatoms. The van der Waals surface area contributed by atoms with Crippen LogP contribution in [0.4, 0.5) is 0 Å². The molecule has 0 saturated carbocycles. The van der Waals surface area contributed by atoms with Gasteiger partial charge in [-0.1, -0.05) is 25.1 Å². The van der Waals surface area contributed by atoms with Gasteiger partial charge in [0.15, 0.2) is 16.7 Å². The van der Waals surface area contributed by atoms with E-state index in [4.69, 9.17) is 9.15 Å². The van der Waals surface area contributed by atoms with E-state index in [1.807, 2.05) is 21.6 Å². The van der Waals surface area contributed by atoms with E-state index in [1.54, 1.807) is 6.26 Å². The lowest BCUT2D eigenvalue weighted by Crippen LogP contribution is -2.41. The van der Waals surface area contributed by atoms with Crippen molar-refractivity contribution in [2.75, 3.05) is 32.1 Å². The first-order valence-corrected chi connectivity index (χ1v) is 9.23. The van der Waals surface area contributed by atoms with Crippen LogP contribution in [0.2, 0.25) is 0 Å². The van der Waals surface area contributed by atoms with Gasteiger partial charge in [-0.25, -0.2) is 0 Å². The van der Waals surface area contributed by atoms with E-state index in [-0.39, 0.29) is 5.91 Å². The van der Waals surface area contributed by atoms with E-state index in [0.717, 1.165) is 30.4 Å². The highest BCUT2D eigenvalue weighted by molar-refractivity contribution is 7.99. The third kappa shape index (κ3) is 3.99. The van der Waals surface area contributed by atoms with Crippen molar-refractivity contribution in [1.82, 2.24) is 19.7 Å². The Hall–Kier alpha value is -1.80. The van der Waals surface area contributed by atoms with E-state index in [1.165, 1.54) is 11.8 Å². The Bertz CT molecular complexity index is 650. The van der Waals surface area contributed by atoms with Gasteiger partial charge in [-0.2, -0.15) is 0 Å². The maximum Gasteiger partial charge on any atom is 0.233 e. The number of nitrogens with zero attached hydrogens (tertiary/aromatic N) is 4. The molecule has 0 aliphatic carbocycles.